The number of pyridine rings is 1. The quantitative estimate of drug-likeness (QED) is 0.827. The zero-order valence-electron chi connectivity index (χ0n) is 7.96. The molecule has 5 heteroatoms. The van der Waals surface area contributed by atoms with Crippen LogP contribution in [0.3, 0.4) is 0 Å². The van der Waals surface area contributed by atoms with Gasteiger partial charge in [-0.3, -0.25) is 9.78 Å². The second-order valence-electron chi connectivity index (χ2n) is 2.86. The maximum Gasteiger partial charge on any atom is 0.224 e. The van der Waals surface area contributed by atoms with Crippen molar-refractivity contribution in [3.05, 3.63) is 35.1 Å². The van der Waals surface area contributed by atoms with Gasteiger partial charge < -0.3 is 5.32 Å². The van der Waals surface area contributed by atoms with Gasteiger partial charge in [-0.1, -0.05) is 29.3 Å². The van der Waals surface area contributed by atoms with Crippen LogP contribution in [0.25, 0.3) is 0 Å². The van der Waals surface area contributed by atoms with E-state index in [-0.39, 0.29) is 5.91 Å². The first-order valence-corrected chi connectivity index (χ1v) is 5.10. The Morgan fingerprint density at radius 3 is 2.93 bits per heavy atom. The molecule has 0 aliphatic rings. The third kappa shape index (κ3) is 3.53. The maximum atomic E-state index is 11.3. The van der Waals surface area contributed by atoms with E-state index in [1.807, 2.05) is 0 Å². The smallest absolute Gasteiger partial charge is 0.224 e. The van der Waals surface area contributed by atoms with Crippen LogP contribution in [-0.4, -0.2) is 10.9 Å². The van der Waals surface area contributed by atoms with Gasteiger partial charge in [0.05, 0.1) is 21.9 Å². The SMILES string of the molecule is C=CCCC(=O)Nc1cncc(Cl)c1Cl. The zero-order chi connectivity index (χ0) is 11.3. The normalized spacial score (nSPS) is 9.73. The van der Waals surface area contributed by atoms with E-state index in [0.29, 0.717) is 28.6 Å². The summed E-state index contributed by atoms with van der Waals surface area (Å²) in [6.45, 7) is 3.53. The monoisotopic (exact) mass is 244 g/mol. The van der Waals surface area contributed by atoms with E-state index in [2.05, 4.69) is 16.9 Å². The highest BCUT2D eigenvalue weighted by molar-refractivity contribution is 6.43. The number of carbonyl (C=O) groups excluding carboxylic acids is 1. The highest BCUT2D eigenvalue weighted by atomic mass is 35.5. The van der Waals surface area contributed by atoms with Crippen LogP contribution in [-0.2, 0) is 4.79 Å². The first-order chi connectivity index (χ1) is 7.15. The summed E-state index contributed by atoms with van der Waals surface area (Å²) in [5.74, 6) is -0.138. The highest BCUT2D eigenvalue weighted by Gasteiger charge is 2.07. The lowest BCUT2D eigenvalue weighted by Crippen LogP contribution is -2.11. The fourth-order valence-corrected chi connectivity index (χ4v) is 1.26. The van der Waals surface area contributed by atoms with Crippen LogP contribution in [0.5, 0.6) is 0 Å². The molecule has 0 spiro atoms. The van der Waals surface area contributed by atoms with Crippen molar-refractivity contribution in [1.29, 1.82) is 0 Å². The molecule has 1 aromatic rings. The lowest BCUT2D eigenvalue weighted by molar-refractivity contribution is -0.116. The standard InChI is InChI=1S/C10H10Cl2N2O/c1-2-3-4-9(15)14-8-6-13-5-7(11)10(8)12/h2,5-6H,1,3-4H2,(H,14,15). The Kier molecular flexibility index (Phi) is 4.59. The van der Waals surface area contributed by atoms with E-state index < -0.39 is 0 Å². The summed E-state index contributed by atoms with van der Waals surface area (Å²) in [6.07, 6.45) is 5.55. The minimum atomic E-state index is -0.138. The Morgan fingerprint density at radius 1 is 1.53 bits per heavy atom. The molecule has 80 valence electrons. The van der Waals surface area contributed by atoms with Gasteiger partial charge in [0.25, 0.3) is 0 Å². The van der Waals surface area contributed by atoms with Crippen molar-refractivity contribution in [3.63, 3.8) is 0 Å². The number of anilines is 1. The average Bonchev–Trinajstić information content (AvgIpc) is 2.22. The van der Waals surface area contributed by atoms with Crippen molar-refractivity contribution in [3.8, 4) is 0 Å². The van der Waals surface area contributed by atoms with E-state index >= 15 is 0 Å². The summed E-state index contributed by atoms with van der Waals surface area (Å²) >= 11 is 11.6. The number of nitrogens with one attached hydrogen (secondary N) is 1. The molecule has 0 saturated carbocycles. The summed E-state index contributed by atoms with van der Waals surface area (Å²) < 4.78 is 0. The molecule has 1 rings (SSSR count). The molecule has 0 radical (unpaired) electrons. The van der Waals surface area contributed by atoms with Crippen LogP contribution in [0.1, 0.15) is 12.8 Å². The van der Waals surface area contributed by atoms with Crippen LogP contribution in [0.4, 0.5) is 5.69 Å². The van der Waals surface area contributed by atoms with Gasteiger partial charge in [0.15, 0.2) is 0 Å². The Labute approximate surface area is 98.1 Å². The van der Waals surface area contributed by atoms with E-state index in [4.69, 9.17) is 23.2 Å². The van der Waals surface area contributed by atoms with Crippen molar-refractivity contribution >= 4 is 34.8 Å². The van der Waals surface area contributed by atoms with Crippen molar-refractivity contribution in [1.82, 2.24) is 4.98 Å². The molecular weight excluding hydrogens is 235 g/mol. The second kappa shape index (κ2) is 5.73. The molecule has 0 aliphatic carbocycles. The molecule has 1 heterocycles. The molecule has 3 nitrogen and oxygen atoms in total. The molecule has 0 fully saturated rings. The number of hydrogen-bond donors (Lipinski definition) is 1. The highest BCUT2D eigenvalue weighted by Crippen LogP contribution is 2.28. The molecule has 0 unspecified atom stereocenters. The maximum absolute atomic E-state index is 11.3. The van der Waals surface area contributed by atoms with Crippen molar-refractivity contribution < 1.29 is 4.79 Å². The average molecular weight is 245 g/mol. The largest absolute Gasteiger partial charge is 0.323 e. The van der Waals surface area contributed by atoms with Crippen LogP contribution in [0.15, 0.2) is 25.0 Å². The molecule has 0 aliphatic heterocycles. The summed E-state index contributed by atoms with van der Waals surface area (Å²) in [4.78, 5) is 15.2. The van der Waals surface area contributed by atoms with Gasteiger partial charge in [-0.15, -0.1) is 6.58 Å². The van der Waals surface area contributed by atoms with Gasteiger partial charge in [0.1, 0.15) is 0 Å². The van der Waals surface area contributed by atoms with Crippen LogP contribution in [0, 0.1) is 0 Å². The van der Waals surface area contributed by atoms with Gasteiger partial charge in [0.2, 0.25) is 5.91 Å². The van der Waals surface area contributed by atoms with Gasteiger partial charge >= 0.3 is 0 Å². The van der Waals surface area contributed by atoms with E-state index in [1.165, 1.54) is 12.4 Å². The predicted octanol–water partition coefficient (Wildman–Crippen LogP) is 3.29. The molecule has 0 bridgehead atoms. The van der Waals surface area contributed by atoms with Crippen molar-refractivity contribution in [2.24, 2.45) is 0 Å². The first kappa shape index (κ1) is 12.0. The number of rotatable bonds is 4. The first-order valence-electron chi connectivity index (χ1n) is 4.35. The van der Waals surface area contributed by atoms with Gasteiger partial charge in [-0.25, -0.2) is 0 Å². The number of nitrogens with zero attached hydrogens (tertiary/aromatic N) is 1. The summed E-state index contributed by atoms with van der Waals surface area (Å²) in [7, 11) is 0. The molecule has 1 aromatic heterocycles. The van der Waals surface area contributed by atoms with Gasteiger partial charge in [0, 0.05) is 12.6 Å². The topological polar surface area (TPSA) is 42.0 Å². The summed E-state index contributed by atoms with van der Waals surface area (Å²) in [5.41, 5.74) is 0.429. The Morgan fingerprint density at radius 2 is 2.27 bits per heavy atom. The molecule has 0 aromatic carbocycles. The van der Waals surface area contributed by atoms with E-state index in [9.17, 15) is 4.79 Å². The Bertz CT molecular complexity index is 380. The molecule has 15 heavy (non-hydrogen) atoms. The molecule has 1 N–H and O–H groups in total. The number of carbonyl (C=O) groups is 1. The molecule has 0 saturated heterocycles. The minimum absolute atomic E-state index is 0.138. The molecule has 0 atom stereocenters. The zero-order valence-corrected chi connectivity index (χ0v) is 9.48. The summed E-state index contributed by atoms with van der Waals surface area (Å²) in [5, 5.41) is 3.24. The van der Waals surface area contributed by atoms with Gasteiger partial charge in [-0.05, 0) is 6.42 Å². The van der Waals surface area contributed by atoms with Crippen LogP contribution < -0.4 is 5.32 Å². The summed E-state index contributed by atoms with van der Waals surface area (Å²) in [6, 6.07) is 0. The number of hydrogen-bond acceptors (Lipinski definition) is 2. The fourth-order valence-electron chi connectivity index (χ4n) is 0.952. The Hall–Kier alpha value is -1.06. The van der Waals surface area contributed by atoms with Crippen molar-refractivity contribution in [2.45, 2.75) is 12.8 Å². The number of amides is 1. The number of halogens is 2. The lowest BCUT2D eigenvalue weighted by Gasteiger charge is -2.06. The Balaban J connectivity index is 2.68. The van der Waals surface area contributed by atoms with E-state index in [1.54, 1.807) is 6.08 Å². The van der Waals surface area contributed by atoms with Crippen LogP contribution >= 0.6 is 23.2 Å². The molecular formula is C10H10Cl2N2O. The third-order valence-electron chi connectivity index (χ3n) is 1.69. The van der Waals surface area contributed by atoms with Gasteiger partial charge in [-0.2, -0.15) is 0 Å². The fraction of sp³-hybridized carbons (Fsp3) is 0.200. The number of aromatic nitrogens is 1. The molecule has 1 amide bonds. The minimum Gasteiger partial charge on any atom is -0.323 e. The van der Waals surface area contributed by atoms with E-state index in [0.717, 1.165) is 0 Å². The lowest BCUT2D eigenvalue weighted by atomic mass is 10.3. The predicted molar refractivity (Wildman–Crippen MR) is 62.3 cm³/mol. The second-order valence-corrected chi connectivity index (χ2v) is 3.64. The number of allylic oxidation sites excluding steroid dienone is 1. The third-order valence-corrected chi connectivity index (χ3v) is 2.48. The van der Waals surface area contributed by atoms with Crippen molar-refractivity contribution in [2.75, 3.05) is 5.32 Å². The van der Waals surface area contributed by atoms with Crippen LogP contribution in [0.2, 0.25) is 10.0 Å².